The second-order valence-electron chi connectivity index (χ2n) is 6.52. The summed E-state index contributed by atoms with van der Waals surface area (Å²) in [7, 11) is 0. The number of benzene rings is 3. The van der Waals surface area contributed by atoms with Gasteiger partial charge in [-0.2, -0.15) is 0 Å². The standard InChI is InChI=1S/C20H12BrN3O/c21-9-5-6-14-11(7-9)16-17-12(8-22-20(17)25)15-10-3-1-2-4-13(10)23-18(15)19(16)24-14/h1-7,23-24H,8H2,(H,22,25). The fraction of sp³-hybridized carbons (Fsp3) is 0.0500. The van der Waals surface area contributed by atoms with E-state index in [9.17, 15) is 4.79 Å². The SMILES string of the molecule is O=C1NCc2c1c1c3cc(Br)ccc3[nH]c1c1[nH]c3ccccc3c21. The van der Waals surface area contributed by atoms with Gasteiger partial charge in [0.1, 0.15) is 0 Å². The van der Waals surface area contributed by atoms with Crippen molar-refractivity contribution in [1.29, 1.82) is 0 Å². The number of rotatable bonds is 0. The van der Waals surface area contributed by atoms with Crippen LogP contribution in [0.25, 0.3) is 43.6 Å². The van der Waals surface area contributed by atoms with Crippen molar-refractivity contribution in [3.05, 3.63) is 58.1 Å². The number of aromatic nitrogens is 2. The van der Waals surface area contributed by atoms with E-state index in [4.69, 9.17) is 0 Å². The number of fused-ring (bicyclic) bond motifs is 10. The van der Waals surface area contributed by atoms with Crippen molar-refractivity contribution in [3.8, 4) is 0 Å². The summed E-state index contributed by atoms with van der Waals surface area (Å²) in [6.45, 7) is 0.573. The van der Waals surface area contributed by atoms with Crippen LogP contribution in [0.3, 0.4) is 0 Å². The molecule has 25 heavy (non-hydrogen) atoms. The molecule has 5 heteroatoms. The van der Waals surface area contributed by atoms with E-state index in [-0.39, 0.29) is 5.91 Å². The van der Waals surface area contributed by atoms with E-state index in [0.29, 0.717) is 6.54 Å². The molecule has 1 aliphatic rings. The van der Waals surface area contributed by atoms with Gasteiger partial charge in [0, 0.05) is 43.6 Å². The minimum Gasteiger partial charge on any atom is -0.353 e. The average molecular weight is 390 g/mol. The Hall–Kier alpha value is -2.79. The lowest BCUT2D eigenvalue weighted by Crippen LogP contribution is -2.12. The number of H-pyrrole nitrogens is 2. The van der Waals surface area contributed by atoms with Crippen molar-refractivity contribution in [2.45, 2.75) is 6.54 Å². The van der Waals surface area contributed by atoms with Gasteiger partial charge < -0.3 is 15.3 Å². The van der Waals surface area contributed by atoms with E-state index in [2.05, 4.69) is 49.4 Å². The minimum atomic E-state index is 0.00746. The predicted molar refractivity (Wildman–Crippen MR) is 104 cm³/mol. The van der Waals surface area contributed by atoms with Gasteiger partial charge in [-0.05, 0) is 29.8 Å². The second kappa shape index (κ2) is 4.43. The smallest absolute Gasteiger partial charge is 0.252 e. The highest BCUT2D eigenvalue weighted by molar-refractivity contribution is 9.10. The summed E-state index contributed by atoms with van der Waals surface area (Å²) in [6, 6.07) is 14.4. The van der Waals surface area contributed by atoms with Crippen molar-refractivity contribution in [1.82, 2.24) is 15.3 Å². The molecular weight excluding hydrogens is 378 g/mol. The third-order valence-electron chi connectivity index (χ3n) is 5.22. The second-order valence-corrected chi connectivity index (χ2v) is 7.44. The normalized spacial score (nSPS) is 14.0. The van der Waals surface area contributed by atoms with Crippen LogP contribution in [0.4, 0.5) is 0 Å². The Balaban J connectivity index is 1.99. The van der Waals surface area contributed by atoms with Crippen LogP contribution >= 0.6 is 15.9 Å². The number of aromatic amines is 2. The highest BCUT2D eigenvalue weighted by Gasteiger charge is 2.29. The summed E-state index contributed by atoms with van der Waals surface area (Å²) in [5, 5.41) is 7.38. The molecule has 1 aliphatic heterocycles. The van der Waals surface area contributed by atoms with Crippen LogP contribution in [0, 0.1) is 0 Å². The lowest BCUT2D eigenvalue weighted by atomic mass is 9.97. The molecule has 0 saturated carbocycles. The number of carbonyl (C=O) groups excluding carboxylic acids is 1. The molecule has 2 aromatic heterocycles. The molecule has 1 amide bonds. The molecule has 0 saturated heterocycles. The van der Waals surface area contributed by atoms with Crippen molar-refractivity contribution in [3.63, 3.8) is 0 Å². The summed E-state index contributed by atoms with van der Waals surface area (Å²) in [4.78, 5) is 19.7. The molecule has 3 N–H and O–H groups in total. The molecule has 3 heterocycles. The van der Waals surface area contributed by atoms with Crippen LogP contribution in [0.1, 0.15) is 15.9 Å². The topological polar surface area (TPSA) is 60.7 Å². The maximum absolute atomic E-state index is 12.7. The number of para-hydroxylation sites is 1. The average Bonchev–Trinajstić information content (AvgIpc) is 3.27. The molecule has 0 aliphatic carbocycles. The zero-order valence-electron chi connectivity index (χ0n) is 13.0. The van der Waals surface area contributed by atoms with Crippen LogP contribution in [0.5, 0.6) is 0 Å². The quantitative estimate of drug-likeness (QED) is 0.344. The summed E-state index contributed by atoms with van der Waals surface area (Å²) in [6.07, 6.45) is 0. The summed E-state index contributed by atoms with van der Waals surface area (Å²) in [5.74, 6) is 0.00746. The van der Waals surface area contributed by atoms with Crippen LogP contribution in [0.2, 0.25) is 0 Å². The molecule has 0 spiro atoms. The highest BCUT2D eigenvalue weighted by atomic mass is 79.9. The first-order valence-corrected chi connectivity index (χ1v) is 8.96. The molecule has 0 atom stereocenters. The lowest BCUT2D eigenvalue weighted by Gasteiger charge is -2.04. The minimum absolute atomic E-state index is 0.00746. The molecule has 3 aromatic carbocycles. The van der Waals surface area contributed by atoms with E-state index in [1.54, 1.807) is 0 Å². The van der Waals surface area contributed by atoms with Gasteiger partial charge in [0.05, 0.1) is 16.6 Å². The van der Waals surface area contributed by atoms with E-state index in [0.717, 1.165) is 59.2 Å². The summed E-state index contributed by atoms with van der Waals surface area (Å²) in [5.41, 5.74) is 6.08. The van der Waals surface area contributed by atoms with Gasteiger partial charge in [-0.25, -0.2) is 0 Å². The molecular formula is C20H12BrN3O. The Morgan fingerprint density at radius 3 is 2.52 bits per heavy atom. The van der Waals surface area contributed by atoms with Gasteiger partial charge in [0.15, 0.2) is 0 Å². The number of amides is 1. The fourth-order valence-corrected chi connectivity index (χ4v) is 4.58. The summed E-state index contributed by atoms with van der Waals surface area (Å²) < 4.78 is 1.00. The molecule has 6 rings (SSSR count). The van der Waals surface area contributed by atoms with E-state index >= 15 is 0 Å². The number of hydrogen-bond acceptors (Lipinski definition) is 1. The molecule has 0 fully saturated rings. The molecule has 0 bridgehead atoms. The first-order chi connectivity index (χ1) is 12.2. The van der Waals surface area contributed by atoms with Crippen LogP contribution < -0.4 is 5.32 Å². The van der Waals surface area contributed by atoms with E-state index in [1.165, 1.54) is 0 Å². The maximum Gasteiger partial charge on any atom is 0.252 e. The number of hydrogen-bond donors (Lipinski definition) is 3. The zero-order valence-corrected chi connectivity index (χ0v) is 14.6. The fourth-order valence-electron chi connectivity index (χ4n) is 4.21. The molecule has 0 unspecified atom stereocenters. The molecule has 5 aromatic rings. The van der Waals surface area contributed by atoms with Gasteiger partial charge in [0.2, 0.25) is 0 Å². The number of halogens is 1. The number of nitrogens with one attached hydrogen (secondary N) is 3. The Morgan fingerprint density at radius 2 is 1.64 bits per heavy atom. The monoisotopic (exact) mass is 389 g/mol. The first-order valence-electron chi connectivity index (χ1n) is 8.17. The van der Waals surface area contributed by atoms with Gasteiger partial charge in [-0.3, -0.25) is 4.79 Å². The van der Waals surface area contributed by atoms with E-state index in [1.807, 2.05) is 24.3 Å². The molecule has 120 valence electrons. The highest BCUT2D eigenvalue weighted by Crippen LogP contribution is 2.42. The first kappa shape index (κ1) is 13.5. The third-order valence-corrected chi connectivity index (χ3v) is 5.72. The van der Waals surface area contributed by atoms with Gasteiger partial charge in [-0.15, -0.1) is 0 Å². The largest absolute Gasteiger partial charge is 0.353 e. The van der Waals surface area contributed by atoms with E-state index < -0.39 is 0 Å². The summed E-state index contributed by atoms with van der Waals surface area (Å²) >= 11 is 3.55. The zero-order chi connectivity index (χ0) is 16.7. The van der Waals surface area contributed by atoms with Crippen LogP contribution in [-0.2, 0) is 6.54 Å². The maximum atomic E-state index is 12.7. The Labute approximate surface area is 150 Å². The van der Waals surface area contributed by atoms with Crippen molar-refractivity contribution in [2.24, 2.45) is 0 Å². The predicted octanol–water partition coefficient (Wildman–Crippen LogP) is 4.96. The third kappa shape index (κ3) is 1.59. The van der Waals surface area contributed by atoms with Crippen LogP contribution in [0.15, 0.2) is 46.9 Å². The molecule has 4 nitrogen and oxygen atoms in total. The van der Waals surface area contributed by atoms with Gasteiger partial charge in [-0.1, -0.05) is 34.1 Å². The van der Waals surface area contributed by atoms with Crippen molar-refractivity contribution >= 4 is 65.4 Å². The lowest BCUT2D eigenvalue weighted by molar-refractivity contribution is 0.0967. The number of carbonyl (C=O) groups is 1. The Morgan fingerprint density at radius 1 is 0.880 bits per heavy atom. The molecule has 0 radical (unpaired) electrons. The van der Waals surface area contributed by atoms with Crippen molar-refractivity contribution in [2.75, 3.05) is 0 Å². The van der Waals surface area contributed by atoms with Gasteiger partial charge in [0.25, 0.3) is 5.91 Å². The van der Waals surface area contributed by atoms with Crippen molar-refractivity contribution < 1.29 is 4.79 Å². The van der Waals surface area contributed by atoms with Crippen LogP contribution in [-0.4, -0.2) is 15.9 Å². The Bertz CT molecular complexity index is 1380. The Kier molecular flexibility index (Phi) is 2.39. The van der Waals surface area contributed by atoms with Gasteiger partial charge >= 0.3 is 0 Å².